The van der Waals surface area contributed by atoms with Crippen LogP contribution in [0.25, 0.3) is 0 Å². The van der Waals surface area contributed by atoms with Gasteiger partial charge in [0.05, 0.1) is 12.2 Å². The number of rotatable bonds is 6. The van der Waals surface area contributed by atoms with E-state index in [1.54, 1.807) is 45.0 Å². The van der Waals surface area contributed by atoms with E-state index in [2.05, 4.69) is 10.5 Å². The van der Waals surface area contributed by atoms with Crippen LogP contribution in [0.5, 0.6) is 0 Å². The lowest BCUT2D eigenvalue weighted by atomic mass is 9.97. The Bertz CT molecular complexity index is 1000. The smallest absolute Gasteiger partial charge is 0.338 e. The number of amides is 1. The molecule has 1 amide bonds. The molecule has 162 valence electrons. The average Bonchev–Trinajstić information content (AvgIpc) is 3.07. The summed E-state index contributed by atoms with van der Waals surface area (Å²) in [5, 5.41) is 6.55. The maximum atomic E-state index is 12.9. The van der Waals surface area contributed by atoms with Gasteiger partial charge >= 0.3 is 5.97 Å². The first kappa shape index (κ1) is 22.0. The number of benzene rings is 1. The van der Waals surface area contributed by atoms with Crippen LogP contribution in [-0.2, 0) is 19.6 Å². The Hall–Kier alpha value is -2.72. The summed E-state index contributed by atoms with van der Waals surface area (Å²) >= 11 is 0. The number of nitrogens with one attached hydrogen (secondary N) is 1. The Morgan fingerprint density at radius 1 is 1.20 bits per heavy atom. The third-order valence-electron chi connectivity index (χ3n) is 5.05. The number of anilines is 1. The Balaban J connectivity index is 1.58. The Labute approximate surface area is 175 Å². The van der Waals surface area contributed by atoms with Crippen LogP contribution in [0.1, 0.15) is 41.6 Å². The van der Waals surface area contributed by atoms with Crippen molar-refractivity contribution in [3.8, 4) is 0 Å². The Morgan fingerprint density at radius 3 is 2.37 bits per heavy atom. The lowest BCUT2D eigenvalue weighted by Crippen LogP contribution is -2.41. The molecule has 0 atom stereocenters. The second-order valence-electron chi connectivity index (χ2n) is 7.12. The van der Waals surface area contributed by atoms with Crippen molar-refractivity contribution in [2.75, 3.05) is 25.0 Å². The molecule has 2 aromatic rings. The first-order valence-electron chi connectivity index (χ1n) is 9.75. The van der Waals surface area contributed by atoms with E-state index in [4.69, 9.17) is 9.26 Å². The van der Waals surface area contributed by atoms with Crippen LogP contribution >= 0.6 is 0 Å². The maximum absolute atomic E-state index is 12.9. The topological polar surface area (TPSA) is 119 Å². The van der Waals surface area contributed by atoms with Gasteiger partial charge in [0.25, 0.3) is 0 Å². The van der Waals surface area contributed by atoms with E-state index in [1.165, 1.54) is 4.31 Å². The van der Waals surface area contributed by atoms with Gasteiger partial charge in [-0.05, 0) is 57.9 Å². The highest BCUT2D eigenvalue weighted by atomic mass is 32.2. The number of hydrogen-bond acceptors (Lipinski definition) is 7. The molecule has 3 rings (SSSR count). The molecule has 0 bridgehead atoms. The first-order valence-corrected chi connectivity index (χ1v) is 11.2. The molecule has 1 N–H and O–H groups in total. The molecule has 1 fully saturated rings. The summed E-state index contributed by atoms with van der Waals surface area (Å²) in [4.78, 5) is 24.4. The van der Waals surface area contributed by atoms with Crippen LogP contribution in [0.4, 0.5) is 5.69 Å². The second kappa shape index (κ2) is 8.97. The fourth-order valence-electron chi connectivity index (χ4n) is 3.48. The van der Waals surface area contributed by atoms with Crippen LogP contribution in [0, 0.1) is 19.8 Å². The molecule has 9 nitrogen and oxygen atoms in total. The lowest BCUT2D eigenvalue weighted by Gasteiger charge is -2.30. The van der Waals surface area contributed by atoms with E-state index in [0.29, 0.717) is 36.4 Å². The Morgan fingerprint density at radius 2 is 1.83 bits per heavy atom. The van der Waals surface area contributed by atoms with E-state index in [-0.39, 0.29) is 35.6 Å². The zero-order valence-corrected chi connectivity index (χ0v) is 18.0. The first-order chi connectivity index (χ1) is 14.2. The largest absolute Gasteiger partial charge is 0.462 e. The number of hydrogen-bond donors (Lipinski definition) is 1. The molecule has 1 aliphatic heterocycles. The molecular formula is C20H25N3O6S. The van der Waals surface area contributed by atoms with Gasteiger partial charge in [-0.25, -0.2) is 13.2 Å². The van der Waals surface area contributed by atoms with Gasteiger partial charge in [-0.1, -0.05) is 5.16 Å². The van der Waals surface area contributed by atoms with E-state index >= 15 is 0 Å². The predicted molar refractivity (Wildman–Crippen MR) is 108 cm³/mol. The predicted octanol–water partition coefficient (Wildman–Crippen LogP) is 2.51. The quantitative estimate of drug-likeness (QED) is 0.693. The minimum Gasteiger partial charge on any atom is -0.462 e. The molecule has 0 spiro atoms. The summed E-state index contributed by atoms with van der Waals surface area (Å²) in [5.41, 5.74) is 1.31. The van der Waals surface area contributed by atoms with Crippen LogP contribution in [0.15, 0.2) is 33.7 Å². The van der Waals surface area contributed by atoms with Crippen molar-refractivity contribution in [2.24, 2.45) is 5.92 Å². The lowest BCUT2D eigenvalue weighted by molar-refractivity contribution is -0.120. The fraction of sp³-hybridized carbons (Fsp3) is 0.450. The average molecular weight is 436 g/mol. The molecule has 1 aromatic heterocycles. The number of esters is 1. The normalized spacial score (nSPS) is 15.7. The van der Waals surface area contributed by atoms with E-state index in [9.17, 15) is 18.0 Å². The van der Waals surface area contributed by atoms with Crippen molar-refractivity contribution in [3.05, 3.63) is 41.3 Å². The number of carbonyl (C=O) groups is 2. The number of carbonyl (C=O) groups excluding carboxylic acids is 2. The zero-order chi connectivity index (χ0) is 21.9. The highest BCUT2D eigenvalue weighted by Gasteiger charge is 2.35. The third-order valence-corrected chi connectivity index (χ3v) is 7.20. The molecular weight excluding hydrogens is 410 g/mol. The minimum absolute atomic E-state index is 0.104. The molecule has 30 heavy (non-hydrogen) atoms. The minimum atomic E-state index is -3.70. The molecule has 0 saturated carbocycles. The van der Waals surface area contributed by atoms with Gasteiger partial charge in [-0.15, -0.1) is 0 Å². The number of aryl methyl sites for hydroxylation is 2. The molecule has 1 saturated heterocycles. The van der Waals surface area contributed by atoms with Crippen molar-refractivity contribution < 1.29 is 27.3 Å². The molecule has 10 heteroatoms. The SMILES string of the molecule is CCOC(=O)c1ccc(NC(=O)C2CCN(S(=O)(=O)c3c(C)noc3C)CC2)cc1. The maximum Gasteiger partial charge on any atom is 0.338 e. The third kappa shape index (κ3) is 4.54. The summed E-state index contributed by atoms with van der Waals surface area (Å²) in [7, 11) is -3.70. The van der Waals surface area contributed by atoms with Crippen molar-refractivity contribution in [1.82, 2.24) is 9.46 Å². The van der Waals surface area contributed by atoms with E-state index < -0.39 is 16.0 Å². The van der Waals surface area contributed by atoms with Gasteiger partial charge in [0, 0.05) is 24.7 Å². The summed E-state index contributed by atoms with van der Waals surface area (Å²) in [6, 6.07) is 6.46. The standard InChI is InChI=1S/C20H25N3O6S/c1-4-28-20(25)16-5-7-17(8-6-16)21-19(24)15-9-11-23(12-10-15)30(26,27)18-13(2)22-29-14(18)3/h5-8,15H,4,9-12H2,1-3H3,(H,21,24). The van der Waals surface area contributed by atoms with Gasteiger partial charge in [0.15, 0.2) is 5.76 Å². The number of aromatic nitrogens is 1. The van der Waals surface area contributed by atoms with Crippen LogP contribution in [-0.4, -0.2) is 49.5 Å². The van der Waals surface area contributed by atoms with Crippen LogP contribution < -0.4 is 5.32 Å². The van der Waals surface area contributed by atoms with Crippen molar-refractivity contribution in [2.45, 2.75) is 38.5 Å². The highest BCUT2D eigenvalue weighted by Crippen LogP contribution is 2.28. The molecule has 2 heterocycles. The zero-order valence-electron chi connectivity index (χ0n) is 17.2. The molecule has 0 unspecified atom stereocenters. The van der Waals surface area contributed by atoms with Crippen molar-refractivity contribution >= 4 is 27.6 Å². The highest BCUT2D eigenvalue weighted by molar-refractivity contribution is 7.89. The molecule has 1 aromatic carbocycles. The molecule has 0 aliphatic carbocycles. The van der Waals surface area contributed by atoms with E-state index in [1.807, 2.05) is 0 Å². The number of ether oxygens (including phenoxy) is 1. The fourth-order valence-corrected chi connectivity index (χ4v) is 5.24. The second-order valence-corrected chi connectivity index (χ2v) is 8.99. The summed E-state index contributed by atoms with van der Waals surface area (Å²) in [5.74, 6) is -0.625. The Kier molecular flexibility index (Phi) is 6.57. The monoisotopic (exact) mass is 435 g/mol. The van der Waals surface area contributed by atoms with Crippen molar-refractivity contribution in [1.29, 1.82) is 0 Å². The van der Waals surface area contributed by atoms with Crippen molar-refractivity contribution in [3.63, 3.8) is 0 Å². The van der Waals surface area contributed by atoms with Gasteiger partial charge in [-0.2, -0.15) is 4.31 Å². The van der Waals surface area contributed by atoms with Gasteiger partial charge in [0.1, 0.15) is 10.6 Å². The van der Waals surface area contributed by atoms with Gasteiger partial charge in [0.2, 0.25) is 15.9 Å². The summed E-state index contributed by atoms with van der Waals surface area (Å²) in [6.45, 7) is 5.68. The number of nitrogens with zero attached hydrogens (tertiary/aromatic N) is 2. The van der Waals surface area contributed by atoms with Gasteiger partial charge < -0.3 is 14.6 Å². The van der Waals surface area contributed by atoms with Crippen LogP contribution in [0.3, 0.4) is 0 Å². The van der Waals surface area contributed by atoms with Crippen LogP contribution in [0.2, 0.25) is 0 Å². The summed E-state index contributed by atoms with van der Waals surface area (Å²) in [6.07, 6.45) is 0.824. The number of piperidine rings is 1. The van der Waals surface area contributed by atoms with E-state index in [0.717, 1.165) is 0 Å². The van der Waals surface area contributed by atoms with Gasteiger partial charge in [-0.3, -0.25) is 4.79 Å². The summed E-state index contributed by atoms with van der Waals surface area (Å²) < 4.78 is 37.0. The molecule has 0 radical (unpaired) electrons. The number of sulfonamides is 1. The molecule has 1 aliphatic rings.